The Morgan fingerprint density at radius 3 is 2.00 bits per heavy atom. The van der Waals surface area contributed by atoms with Gasteiger partial charge in [0.2, 0.25) is 0 Å². The van der Waals surface area contributed by atoms with E-state index in [1.165, 1.54) is 0 Å². The molecule has 0 aliphatic carbocycles. The Balaban J connectivity index is 3.31. The summed E-state index contributed by atoms with van der Waals surface area (Å²) in [6, 6.07) is 0. The molecule has 13 heavy (non-hydrogen) atoms. The molecule has 0 atom stereocenters. The molecule has 1 rings (SSSR count). The van der Waals surface area contributed by atoms with Crippen molar-refractivity contribution in [3.05, 3.63) is 17.5 Å². The molecule has 8 heteroatoms. The molecule has 0 amide bonds. The molecular formula is C5H2F6N2. The van der Waals surface area contributed by atoms with E-state index in [0.717, 1.165) is 0 Å². The maximum absolute atomic E-state index is 12.0. The summed E-state index contributed by atoms with van der Waals surface area (Å²) < 4.78 is 78.2. The minimum Gasteiger partial charge on any atom is -0.285 e. The lowest BCUT2D eigenvalue weighted by molar-refractivity contribution is -0.163. The van der Waals surface area contributed by atoms with Crippen molar-refractivity contribution in [1.29, 1.82) is 0 Å². The normalized spacial score (nSPS) is 14.5. The number of alkyl halides is 6. The zero-order valence-electron chi connectivity index (χ0n) is 6.74. The SMILES string of the molecule is [2H]n1cc(C(F)(F)F)c(C(F)(F)F)n1. The Morgan fingerprint density at radius 1 is 1.15 bits per heavy atom. The van der Waals surface area contributed by atoms with Crippen LogP contribution in [-0.4, -0.2) is 10.2 Å². The molecule has 0 bridgehead atoms. The summed E-state index contributed by atoms with van der Waals surface area (Å²) in [6.45, 7) is 0. The summed E-state index contributed by atoms with van der Waals surface area (Å²) >= 11 is 0. The van der Waals surface area contributed by atoms with Crippen LogP contribution in [0.2, 0.25) is 1.41 Å². The zero-order chi connectivity index (χ0) is 11.1. The van der Waals surface area contributed by atoms with Crippen LogP contribution >= 0.6 is 0 Å². The van der Waals surface area contributed by atoms with Crippen molar-refractivity contribution >= 4 is 0 Å². The molecule has 1 aromatic heterocycles. The summed E-state index contributed by atoms with van der Waals surface area (Å²) in [5.74, 6) is 0. The van der Waals surface area contributed by atoms with Gasteiger partial charge in [0.15, 0.2) is 7.11 Å². The average Bonchev–Trinajstić information content (AvgIpc) is 2.27. The lowest BCUT2D eigenvalue weighted by Gasteiger charge is -2.08. The molecule has 0 saturated carbocycles. The van der Waals surface area contributed by atoms with Crippen LogP contribution in [0.25, 0.3) is 0 Å². The molecule has 0 aliphatic rings. The molecule has 0 spiro atoms. The van der Waals surface area contributed by atoms with Gasteiger partial charge in [-0.15, -0.1) is 0 Å². The number of nitrogens with zero attached hydrogens (tertiary/aromatic N) is 1. The maximum Gasteiger partial charge on any atom is 0.435 e. The lowest BCUT2D eigenvalue weighted by Crippen LogP contribution is -2.15. The van der Waals surface area contributed by atoms with Crippen molar-refractivity contribution in [1.82, 2.24) is 10.2 Å². The van der Waals surface area contributed by atoms with Gasteiger partial charge >= 0.3 is 12.4 Å². The lowest BCUT2D eigenvalue weighted by atomic mass is 10.2. The predicted molar refractivity (Wildman–Crippen MR) is 28.6 cm³/mol. The number of hydrogen-bond acceptors (Lipinski definition) is 1. The Morgan fingerprint density at radius 2 is 1.69 bits per heavy atom. The van der Waals surface area contributed by atoms with Crippen LogP contribution in [-0.2, 0) is 12.4 Å². The maximum atomic E-state index is 12.0. The van der Waals surface area contributed by atoms with Crippen LogP contribution in [0.3, 0.4) is 0 Å². The minimum absolute atomic E-state index is 0.0389. The van der Waals surface area contributed by atoms with Gasteiger partial charge in [0.1, 0.15) is 5.56 Å². The molecule has 0 unspecified atom stereocenters. The Labute approximate surface area is 69.0 Å². The molecule has 0 aromatic carbocycles. The highest BCUT2D eigenvalue weighted by Gasteiger charge is 2.45. The molecule has 1 N–H and O–H groups in total. The molecule has 2 nitrogen and oxygen atoms in total. The van der Waals surface area contributed by atoms with Gasteiger partial charge in [0.25, 0.3) is 0 Å². The van der Waals surface area contributed by atoms with Gasteiger partial charge in [-0.05, 0) is 0 Å². The fourth-order valence-electron chi connectivity index (χ4n) is 0.676. The van der Waals surface area contributed by atoms with E-state index in [1.54, 1.807) is 0 Å². The Kier molecular flexibility index (Phi) is 1.70. The van der Waals surface area contributed by atoms with E-state index in [4.69, 9.17) is 1.41 Å². The van der Waals surface area contributed by atoms with Crippen LogP contribution in [0.1, 0.15) is 11.3 Å². The van der Waals surface area contributed by atoms with E-state index in [0.29, 0.717) is 0 Å². The number of aromatic amines is 1. The second kappa shape index (κ2) is 2.64. The summed E-state index contributed by atoms with van der Waals surface area (Å²) in [5, 5.41) is 2.11. The van der Waals surface area contributed by atoms with Gasteiger partial charge in [-0.2, -0.15) is 31.4 Å². The third-order valence-corrected chi connectivity index (χ3v) is 1.17. The summed E-state index contributed by atoms with van der Waals surface area (Å²) in [4.78, 5) is 0. The molecular weight excluding hydrogens is 202 g/mol. The summed E-state index contributed by atoms with van der Waals surface area (Å²) in [7, 11) is 0. The number of halogens is 6. The molecule has 1 aromatic rings. The largest absolute Gasteiger partial charge is 0.435 e. The van der Waals surface area contributed by atoms with E-state index >= 15 is 0 Å². The van der Waals surface area contributed by atoms with Gasteiger partial charge in [-0.3, -0.25) is 5.09 Å². The number of hydrogen-bond donors (Lipinski definition) is 1. The second-order valence-electron chi connectivity index (χ2n) is 2.10. The van der Waals surface area contributed by atoms with Crippen molar-refractivity contribution in [2.24, 2.45) is 0 Å². The van der Waals surface area contributed by atoms with Gasteiger partial charge in [0.05, 0.1) is 0 Å². The third kappa shape index (κ3) is 1.93. The van der Waals surface area contributed by atoms with Gasteiger partial charge in [0, 0.05) is 6.20 Å². The number of H-pyrrole nitrogens is 1. The van der Waals surface area contributed by atoms with Crippen LogP contribution in [0, 0.1) is 0 Å². The van der Waals surface area contributed by atoms with Crippen LogP contribution in [0.4, 0.5) is 26.3 Å². The van der Waals surface area contributed by atoms with E-state index in [1.807, 2.05) is 0 Å². The standard InChI is InChI=1S/C5H2F6N2/c6-4(7,8)2-1-12-13-3(2)5(9,10)11/h1H,(H,12,13)/i/hD. The van der Waals surface area contributed by atoms with Crippen molar-refractivity contribution in [3.63, 3.8) is 0 Å². The molecule has 1 heterocycles. The first kappa shape index (κ1) is 8.39. The second-order valence-corrected chi connectivity index (χ2v) is 2.10. The van der Waals surface area contributed by atoms with Crippen molar-refractivity contribution in [2.45, 2.75) is 12.4 Å². The molecule has 0 saturated heterocycles. The van der Waals surface area contributed by atoms with Crippen LogP contribution in [0.15, 0.2) is 6.20 Å². The Hall–Kier alpha value is -1.21. The predicted octanol–water partition coefficient (Wildman–Crippen LogP) is 2.45. The average molecular weight is 205 g/mol. The van der Waals surface area contributed by atoms with Gasteiger partial charge in [-0.25, -0.2) is 0 Å². The number of aromatic nitrogens is 2. The van der Waals surface area contributed by atoms with E-state index < -0.39 is 23.6 Å². The Bertz CT molecular complexity index is 305. The van der Waals surface area contributed by atoms with Crippen LogP contribution in [0.5, 0.6) is 0 Å². The molecule has 74 valence electrons. The first-order valence-corrected chi connectivity index (χ1v) is 2.85. The highest BCUT2D eigenvalue weighted by atomic mass is 19.4. The van der Waals surface area contributed by atoms with Crippen molar-refractivity contribution in [3.8, 4) is 0 Å². The topological polar surface area (TPSA) is 28.7 Å². The summed E-state index contributed by atoms with van der Waals surface area (Å²) in [5.41, 5.74) is -4.06. The first-order chi connectivity index (χ1) is 6.12. The van der Waals surface area contributed by atoms with Gasteiger partial charge in [-0.1, -0.05) is 0 Å². The monoisotopic (exact) mass is 205 g/mol. The van der Waals surface area contributed by atoms with Crippen LogP contribution < -0.4 is 0 Å². The summed E-state index contributed by atoms with van der Waals surface area (Å²) in [6.07, 6.45) is -10.4. The van der Waals surface area contributed by atoms with E-state index in [-0.39, 0.29) is 11.3 Å². The molecule has 0 fully saturated rings. The van der Waals surface area contributed by atoms with E-state index in [9.17, 15) is 26.3 Å². The fourth-order valence-corrected chi connectivity index (χ4v) is 0.676. The zero-order valence-corrected chi connectivity index (χ0v) is 5.74. The van der Waals surface area contributed by atoms with E-state index in [2.05, 4.69) is 5.10 Å². The highest BCUT2D eigenvalue weighted by Crippen LogP contribution is 2.38. The number of rotatable bonds is 0. The van der Waals surface area contributed by atoms with Gasteiger partial charge < -0.3 is 0 Å². The van der Waals surface area contributed by atoms with Crippen molar-refractivity contribution in [2.75, 3.05) is 0 Å². The van der Waals surface area contributed by atoms with Crippen molar-refractivity contribution < 1.29 is 27.8 Å². The highest BCUT2D eigenvalue weighted by molar-refractivity contribution is 5.22. The fraction of sp³-hybridized carbons (Fsp3) is 0.400. The third-order valence-electron chi connectivity index (χ3n) is 1.17. The smallest absolute Gasteiger partial charge is 0.285 e. The minimum atomic E-state index is -5.21. The quantitative estimate of drug-likeness (QED) is 0.647. The molecule has 0 aliphatic heterocycles. The number of nitrogens with one attached hydrogen (secondary N) is 1. The molecule has 0 radical (unpaired) electrons. The first-order valence-electron chi connectivity index (χ1n) is 3.30.